The zero-order valence-corrected chi connectivity index (χ0v) is 12.3. The van der Waals surface area contributed by atoms with Crippen molar-refractivity contribution in [3.8, 4) is 0 Å². The largest absolute Gasteiger partial charge is 0.315 e. The number of rotatable bonds is 0. The third-order valence-corrected chi connectivity index (χ3v) is 4.98. The summed E-state index contributed by atoms with van der Waals surface area (Å²) in [6, 6.07) is 21.7. The minimum Gasteiger partial charge on any atom is -0.315 e. The van der Waals surface area contributed by atoms with Crippen molar-refractivity contribution < 1.29 is 0 Å². The second-order valence-corrected chi connectivity index (χ2v) is 6.13. The van der Waals surface area contributed by atoms with Gasteiger partial charge in [-0.25, -0.2) is 0 Å². The summed E-state index contributed by atoms with van der Waals surface area (Å²) >= 11 is 0. The van der Waals surface area contributed by atoms with Gasteiger partial charge in [-0.05, 0) is 40.4 Å². The predicted molar refractivity (Wildman–Crippen MR) is 96.4 cm³/mol. The van der Waals surface area contributed by atoms with Gasteiger partial charge in [-0.15, -0.1) is 0 Å². The van der Waals surface area contributed by atoms with Crippen LogP contribution in [0.1, 0.15) is 0 Å². The van der Waals surface area contributed by atoms with Gasteiger partial charge < -0.3 is 4.40 Å². The Morgan fingerprint density at radius 3 is 2.65 bits per heavy atom. The van der Waals surface area contributed by atoms with Gasteiger partial charge in [-0.2, -0.15) is 0 Å². The molecule has 0 atom stereocenters. The maximum absolute atomic E-state index is 4.73. The summed E-state index contributed by atoms with van der Waals surface area (Å²) < 4.78 is 2.31. The van der Waals surface area contributed by atoms with Crippen molar-refractivity contribution >= 4 is 48.9 Å². The van der Waals surface area contributed by atoms with E-state index in [2.05, 4.69) is 71.3 Å². The van der Waals surface area contributed by atoms with Gasteiger partial charge in [0, 0.05) is 28.6 Å². The maximum atomic E-state index is 4.73. The van der Waals surface area contributed by atoms with Gasteiger partial charge in [0.1, 0.15) is 0 Å². The van der Waals surface area contributed by atoms with E-state index in [0.29, 0.717) is 0 Å². The molecule has 0 spiro atoms. The summed E-state index contributed by atoms with van der Waals surface area (Å²) in [6.07, 6.45) is 4.10. The minimum atomic E-state index is 1.10. The minimum absolute atomic E-state index is 1.10. The monoisotopic (exact) mass is 292 g/mol. The molecule has 0 aliphatic rings. The Labute approximate surface area is 131 Å². The number of fused-ring (bicyclic) bond motifs is 4. The number of aromatic nitrogens is 2. The third-order valence-electron chi connectivity index (χ3n) is 4.98. The van der Waals surface area contributed by atoms with E-state index in [4.69, 9.17) is 4.98 Å². The average Bonchev–Trinajstić information content (AvgIpc) is 3.05. The standard InChI is InChI=1S/C21H12N2/c1-2-6-15-14(4-1)12-17-20-19-13(8-10-22-20)5-3-7-18(19)23-11-9-16(15)21(17)23/h1-12H. The van der Waals surface area contributed by atoms with E-state index in [0.717, 1.165) is 5.52 Å². The highest BCUT2D eigenvalue weighted by Crippen LogP contribution is 2.38. The van der Waals surface area contributed by atoms with E-state index in [1.807, 2.05) is 6.20 Å². The molecule has 0 amide bonds. The van der Waals surface area contributed by atoms with E-state index >= 15 is 0 Å². The van der Waals surface area contributed by atoms with Crippen LogP contribution in [0.15, 0.2) is 73.1 Å². The van der Waals surface area contributed by atoms with E-state index in [1.54, 1.807) is 0 Å². The highest BCUT2D eigenvalue weighted by molar-refractivity contribution is 6.25. The van der Waals surface area contributed by atoms with Gasteiger partial charge in [0.05, 0.1) is 16.6 Å². The molecule has 6 rings (SSSR count). The van der Waals surface area contributed by atoms with Crippen LogP contribution < -0.4 is 0 Å². The summed E-state index contributed by atoms with van der Waals surface area (Å²) in [6.45, 7) is 0. The first-order valence-corrected chi connectivity index (χ1v) is 7.83. The highest BCUT2D eigenvalue weighted by atomic mass is 14.9. The maximum Gasteiger partial charge on any atom is 0.0822 e. The Kier molecular flexibility index (Phi) is 1.89. The first-order chi connectivity index (χ1) is 11.4. The van der Waals surface area contributed by atoms with Gasteiger partial charge in [0.2, 0.25) is 0 Å². The Bertz CT molecular complexity index is 1350. The third kappa shape index (κ3) is 1.28. The lowest BCUT2D eigenvalue weighted by atomic mass is 10.00. The van der Waals surface area contributed by atoms with Crippen molar-refractivity contribution in [2.24, 2.45) is 0 Å². The van der Waals surface area contributed by atoms with Crippen LogP contribution in [-0.4, -0.2) is 9.38 Å². The summed E-state index contributed by atoms with van der Waals surface area (Å²) in [4.78, 5) is 4.73. The SMILES string of the molecule is c1ccc2c(c1)cc1c3nccc4cccc(c43)n3ccc2c13. The summed E-state index contributed by atoms with van der Waals surface area (Å²) in [5.74, 6) is 0. The Morgan fingerprint density at radius 2 is 1.65 bits per heavy atom. The van der Waals surface area contributed by atoms with Gasteiger partial charge in [-0.3, -0.25) is 4.98 Å². The Morgan fingerprint density at radius 1 is 0.739 bits per heavy atom. The zero-order chi connectivity index (χ0) is 15.0. The molecule has 0 N–H and O–H groups in total. The van der Waals surface area contributed by atoms with E-state index in [1.165, 1.54) is 43.4 Å². The lowest BCUT2D eigenvalue weighted by Gasteiger charge is -2.12. The summed E-state index contributed by atoms with van der Waals surface area (Å²) in [7, 11) is 0. The van der Waals surface area contributed by atoms with Crippen molar-refractivity contribution in [1.82, 2.24) is 9.38 Å². The van der Waals surface area contributed by atoms with Crippen molar-refractivity contribution in [3.63, 3.8) is 0 Å². The van der Waals surface area contributed by atoms with Crippen LogP contribution in [0, 0.1) is 0 Å². The molecule has 6 aromatic rings. The van der Waals surface area contributed by atoms with Gasteiger partial charge in [0.25, 0.3) is 0 Å². The lowest BCUT2D eigenvalue weighted by molar-refractivity contribution is 1.28. The van der Waals surface area contributed by atoms with Gasteiger partial charge in [-0.1, -0.05) is 36.4 Å². The van der Waals surface area contributed by atoms with Crippen LogP contribution in [-0.2, 0) is 0 Å². The van der Waals surface area contributed by atoms with Crippen molar-refractivity contribution in [3.05, 3.63) is 73.1 Å². The molecule has 0 bridgehead atoms. The predicted octanol–water partition coefficient (Wildman–Crippen LogP) is 5.38. The Balaban J connectivity index is 2.09. The average molecular weight is 292 g/mol. The number of hydrogen-bond acceptors (Lipinski definition) is 1. The fourth-order valence-corrected chi connectivity index (χ4v) is 4.01. The quantitative estimate of drug-likeness (QED) is 0.271. The number of nitrogens with zero attached hydrogens (tertiary/aromatic N) is 2. The van der Waals surface area contributed by atoms with E-state index in [-0.39, 0.29) is 0 Å². The molecule has 0 aliphatic carbocycles. The molecule has 3 aromatic carbocycles. The first kappa shape index (κ1) is 11.4. The number of pyridine rings is 2. The molecule has 0 aliphatic heterocycles. The molecule has 0 saturated heterocycles. The molecule has 23 heavy (non-hydrogen) atoms. The van der Waals surface area contributed by atoms with Crippen LogP contribution in [0.5, 0.6) is 0 Å². The van der Waals surface area contributed by atoms with Crippen LogP contribution in [0.2, 0.25) is 0 Å². The molecular weight excluding hydrogens is 280 g/mol. The van der Waals surface area contributed by atoms with Crippen LogP contribution >= 0.6 is 0 Å². The molecule has 3 heterocycles. The highest BCUT2D eigenvalue weighted by Gasteiger charge is 2.15. The van der Waals surface area contributed by atoms with Crippen molar-refractivity contribution in [2.75, 3.05) is 0 Å². The normalized spacial score (nSPS) is 12.3. The molecule has 0 radical (unpaired) electrons. The molecule has 0 unspecified atom stereocenters. The number of benzene rings is 3. The van der Waals surface area contributed by atoms with Crippen LogP contribution in [0.3, 0.4) is 0 Å². The lowest BCUT2D eigenvalue weighted by Crippen LogP contribution is -1.93. The molecule has 3 aromatic heterocycles. The van der Waals surface area contributed by atoms with E-state index in [9.17, 15) is 0 Å². The molecule has 0 saturated carbocycles. The zero-order valence-electron chi connectivity index (χ0n) is 12.3. The molecule has 2 nitrogen and oxygen atoms in total. The number of hydrogen-bond donors (Lipinski definition) is 0. The summed E-state index contributed by atoms with van der Waals surface area (Å²) in [5, 5.41) is 7.59. The van der Waals surface area contributed by atoms with Crippen LogP contribution in [0.25, 0.3) is 48.9 Å². The molecule has 0 fully saturated rings. The van der Waals surface area contributed by atoms with Crippen LogP contribution in [0.4, 0.5) is 0 Å². The van der Waals surface area contributed by atoms with Gasteiger partial charge >= 0.3 is 0 Å². The second-order valence-electron chi connectivity index (χ2n) is 6.13. The topological polar surface area (TPSA) is 17.3 Å². The second kappa shape index (κ2) is 3.79. The van der Waals surface area contributed by atoms with Crippen molar-refractivity contribution in [1.29, 1.82) is 0 Å². The Hall–Kier alpha value is -3.13. The van der Waals surface area contributed by atoms with Crippen molar-refractivity contribution in [2.45, 2.75) is 0 Å². The molecule has 106 valence electrons. The van der Waals surface area contributed by atoms with Gasteiger partial charge in [0.15, 0.2) is 0 Å². The van der Waals surface area contributed by atoms with E-state index < -0.39 is 0 Å². The molecule has 2 heteroatoms. The fraction of sp³-hybridized carbons (Fsp3) is 0. The fourth-order valence-electron chi connectivity index (χ4n) is 4.01. The first-order valence-electron chi connectivity index (χ1n) is 7.83. The smallest absolute Gasteiger partial charge is 0.0822 e. The summed E-state index contributed by atoms with van der Waals surface area (Å²) in [5.41, 5.74) is 3.59. The molecular formula is C21H12N2.